The smallest absolute Gasteiger partial charge is 0.149 e. The van der Waals surface area contributed by atoms with Crippen LogP contribution in [0.5, 0.6) is 5.75 Å². The molecule has 48 heavy (non-hydrogen) atoms. The van der Waals surface area contributed by atoms with Crippen LogP contribution in [0.2, 0.25) is 0 Å². The Bertz CT molecular complexity index is 2340. The Morgan fingerprint density at radius 2 is 1.42 bits per heavy atom. The van der Waals surface area contributed by atoms with Gasteiger partial charge in [0.15, 0.2) is 0 Å². The number of pyridine rings is 1. The van der Waals surface area contributed by atoms with Crippen LogP contribution < -0.4 is 0 Å². The predicted molar refractivity (Wildman–Crippen MR) is 201 cm³/mol. The van der Waals surface area contributed by atoms with Crippen molar-refractivity contribution in [2.45, 2.75) is 67.2 Å². The molecule has 0 spiro atoms. The molecule has 0 bridgehead atoms. The van der Waals surface area contributed by atoms with Gasteiger partial charge in [0.25, 0.3) is 0 Å². The average molecular weight is 630 g/mol. The third kappa shape index (κ3) is 5.16. The number of hydrogen-bond acceptors (Lipinski definition) is 3. The SMILES string of the molecule is CCc1ccc2c(nc(-c3cccc(C(C)(C)C)c3O)n2-c2c(C)cc(C)cc2C)c1-c1ccc(C)c(-c2cccc3cccnc23)c1. The lowest BCUT2D eigenvalue weighted by Crippen LogP contribution is -2.12. The zero-order chi connectivity index (χ0) is 33.9. The second-order valence-electron chi connectivity index (χ2n) is 14.2. The number of fused-ring (bicyclic) bond motifs is 2. The van der Waals surface area contributed by atoms with Crippen LogP contribution in [-0.4, -0.2) is 19.6 Å². The van der Waals surface area contributed by atoms with E-state index < -0.39 is 0 Å². The van der Waals surface area contributed by atoms with E-state index in [1.807, 2.05) is 30.5 Å². The van der Waals surface area contributed by atoms with E-state index in [-0.39, 0.29) is 11.2 Å². The molecule has 0 saturated heterocycles. The normalized spacial score (nSPS) is 11.9. The van der Waals surface area contributed by atoms with Crippen molar-refractivity contribution in [1.29, 1.82) is 0 Å². The molecule has 2 aromatic heterocycles. The number of benzene rings is 5. The minimum absolute atomic E-state index is 0.234. The van der Waals surface area contributed by atoms with Crippen molar-refractivity contribution < 1.29 is 5.11 Å². The molecule has 7 aromatic rings. The minimum Gasteiger partial charge on any atom is -0.507 e. The van der Waals surface area contributed by atoms with E-state index in [0.29, 0.717) is 0 Å². The van der Waals surface area contributed by atoms with Crippen LogP contribution in [0.15, 0.2) is 97.2 Å². The van der Waals surface area contributed by atoms with E-state index in [0.717, 1.165) is 73.2 Å². The molecule has 0 aliphatic rings. The highest BCUT2D eigenvalue weighted by Gasteiger charge is 2.26. The van der Waals surface area contributed by atoms with E-state index in [4.69, 9.17) is 9.97 Å². The second kappa shape index (κ2) is 11.8. The quantitative estimate of drug-likeness (QED) is 0.206. The summed E-state index contributed by atoms with van der Waals surface area (Å²) in [6, 6.07) is 32.2. The Balaban J connectivity index is 1.57. The molecule has 0 atom stereocenters. The van der Waals surface area contributed by atoms with Gasteiger partial charge in [0.2, 0.25) is 0 Å². The Labute approximate surface area is 283 Å². The molecule has 4 heteroatoms. The topological polar surface area (TPSA) is 50.9 Å². The summed E-state index contributed by atoms with van der Waals surface area (Å²) in [5.41, 5.74) is 16.0. The van der Waals surface area contributed by atoms with Gasteiger partial charge >= 0.3 is 0 Å². The van der Waals surface area contributed by atoms with E-state index >= 15 is 0 Å². The molecule has 0 fully saturated rings. The first-order chi connectivity index (χ1) is 23.0. The zero-order valence-electron chi connectivity index (χ0n) is 29.2. The first-order valence-electron chi connectivity index (χ1n) is 16.9. The highest BCUT2D eigenvalue weighted by Crippen LogP contribution is 2.44. The molecule has 1 N–H and O–H groups in total. The van der Waals surface area contributed by atoms with Crippen molar-refractivity contribution in [1.82, 2.24) is 14.5 Å². The Hall–Kier alpha value is -5.22. The zero-order valence-corrected chi connectivity index (χ0v) is 29.2. The van der Waals surface area contributed by atoms with Gasteiger partial charge in [-0.25, -0.2) is 4.98 Å². The lowest BCUT2D eigenvalue weighted by molar-refractivity contribution is 0.448. The summed E-state index contributed by atoms with van der Waals surface area (Å²) in [6.45, 7) is 17.3. The number of aryl methyl sites for hydroxylation is 5. The van der Waals surface area contributed by atoms with Gasteiger partial charge in [-0.3, -0.25) is 9.55 Å². The van der Waals surface area contributed by atoms with Crippen molar-refractivity contribution in [3.63, 3.8) is 0 Å². The Kier molecular flexibility index (Phi) is 7.71. The van der Waals surface area contributed by atoms with Crippen LogP contribution in [-0.2, 0) is 11.8 Å². The summed E-state index contributed by atoms with van der Waals surface area (Å²) in [4.78, 5) is 10.3. The molecule has 4 nitrogen and oxygen atoms in total. The lowest BCUT2D eigenvalue weighted by atomic mass is 9.85. The van der Waals surface area contributed by atoms with Crippen LogP contribution in [0.3, 0.4) is 0 Å². The van der Waals surface area contributed by atoms with Gasteiger partial charge in [-0.05, 0) is 103 Å². The predicted octanol–water partition coefficient (Wildman–Crippen LogP) is 11.4. The standard InChI is InChI=1S/C44H43N3O/c1-9-30-20-21-37-40(38(30)32-19-18-27(3)35(25-32)33-15-10-13-31-14-12-22-45-39(31)33)46-43(34-16-11-17-36(42(34)48)44(6,7)8)47(37)41-28(4)23-26(2)24-29(41)5/h10-25,48H,9H2,1-8H3. The van der Waals surface area contributed by atoms with Crippen LogP contribution >= 0.6 is 0 Å². The number of para-hydroxylation sites is 2. The molecule has 0 unspecified atom stereocenters. The first kappa shape index (κ1) is 31.4. The molecular formula is C44H43N3O. The fourth-order valence-electron chi connectivity index (χ4n) is 7.45. The summed E-state index contributed by atoms with van der Waals surface area (Å²) in [5.74, 6) is 1.02. The van der Waals surface area contributed by atoms with Crippen LogP contribution in [0.1, 0.15) is 61.1 Å². The Morgan fingerprint density at radius 1 is 0.708 bits per heavy atom. The van der Waals surface area contributed by atoms with Gasteiger partial charge in [-0.1, -0.05) is 100.0 Å². The molecule has 0 radical (unpaired) electrons. The fourth-order valence-corrected chi connectivity index (χ4v) is 7.45. The number of phenols is 1. The molecule has 0 amide bonds. The number of hydrogen-bond donors (Lipinski definition) is 1. The molecular weight excluding hydrogens is 587 g/mol. The largest absolute Gasteiger partial charge is 0.507 e. The number of imidazole rings is 1. The molecule has 7 rings (SSSR count). The molecule has 0 aliphatic heterocycles. The van der Waals surface area contributed by atoms with E-state index in [1.165, 1.54) is 27.8 Å². The number of nitrogens with zero attached hydrogens (tertiary/aromatic N) is 3. The number of aromatic nitrogens is 3. The second-order valence-corrected chi connectivity index (χ2v) is 14.2. The Morgan fingerprint density at radius 3 is 2.15 bits per heavy atom. The third-order valence-corrected chi connectivity index (χ3v) is 9.69. The maximum absolute atomic E-state index is 11.9. The van der Waals surface area contributed by atoms with Crippen molar-refractivity contribution >= 4 is 21.9 Å². The van der Waals surface area contributed by atoms with Gasteiger partial charge in [-0.15, -0.1) is 0 Å². The van der Waals surface area contributed by atoms with E-state index in [9.17, 15) is 5.11 Å². The van der Waals surface area contributed by atoms with Gasteiger partial charge < -0.3 is 5.11 Å². The number of aromatic hydroxyl groups is 1. The van der Waals surface area contributed by atoms with Gasteiger partial charge in [0.05, 0.1) is 27.8 Å². The molecule has 0 aliphatic carbocycles. The minimum atomic E-state index is -0.234. The molecule has 240 valence electrons. The number of rotatable bonds is 5. The summed E-state index contributed by atoms with van der Waals surface area (Å²) in [7, 11) is 0. The van der Waals surface area contributed by atoms with Crippen LogP contribution in [0, 0.1) is 27.7 Å². The van der Waals surface area contributed by atoms with Crippen LogP contribution in [0.25, 0.3) is 61.3 Å². The highest BCUT2D eigenvalue weighted by atomic mass is 16.3. The van der Waals surface area contributed by atoms with Gasteiger partial charge in [0.1, 0.15) is 11.6 Å². The lowest BCUT2D eigenvalue weighted by Gasteiger charge is -2.22. The highest BCUT2D eigenvalue weighted by molar-refractivity contribution is 6.00. The average Bonchev–Trinajstić information content (AvgIpc) is 3.42. The summed E-state index contributed by atoms with van der Waals surface area (Å²) < 4.78 is 2.27. The van der Waals surface area contributed by atoms with Crippen molar-refractivity contribution in [3.05, 3.63) is 131 Å². The molecule has 5 aromatic carbocycles. The van der Waals surface area contributed by atoms with Crippen molar-refractivity contribution in [2.24, 2.45) is 0 Å². The van der Waals surface area contributed by atoms with Crippen LogP contribution in [0.4, 0.5) is 0 Å². The van der Waals surface area contributed by atoms with E-state index in [1.54, 1.807) is 0 Å². The fraction of sp³-hybridized carbons (Fsp3) is 0.227. The maximum atomic E-state index is 11.9. The van der Waals surface area contributed by atoms with E-state index in [2.05, 4.69) is 127 Å². The maximum Gasteiger partial charge on any atom is 0.149 e. The van der Waals surface area contributed by atoms with Gasteiger partial charge in [-0.2, -0.15) is 0 Å². The first-order valence-corrected chi connectivity index (χ1v) is 16.9. The molecule has 2 heterocycles. The summed E-state index contributed by atoms with van der Waals surface area (Å²) in [6.07, 6.45) is 2.73. The summed E-state index contributed by atoms with van der Waals surface area (Å²) in [5, 5.41) is 13.0. The number of phenolic OH excluding ortho intramolecular Hbond substituents is 1. The third-order valence-electron chi connectivity index (χ3n) is 9.69. The molecule has 0 saturated carbocycles. The monoisotopic (exact) mass is 629 g/mol. The van der Waals surface area contributed by atoms with Crippen molar-refractivity contribution in [3.8, 4) is 45.1 Å². The van der Waals surface area contributed by atoms with Gasteiger partial charge in [0, 0.05) is 22.7 Å². The van der Waals surface area contributed by atoms with Crippen molar-refractivity contribution in [2.75, 3.05) is 0 Å². The summed E-state index contributed by atoms with van der Waals surface area (Å²) >= 11 is 0.